The molecule has 120 valence electrons. The topological polar surface area (TPSA) is 59.7 Å². The van der Waals surface area contributed by atoms with Crippen LogP contribution in [0.4, 0.5) is 0 Å². The van der Waals surface area contributed by atoms with E-state index in [1.54, 1.807) is 0 Å². The molecule has 0 aromatic carbocycles. The van der Waals surface area contributed by atoms with Gasteiger partial charge >= 0.3 is 0 Å². The first kappa shape index (κ1) is 16.5. The molecule has 0 fully saturated rings. The van der Waals surface area contributed by atoms with Crippen molar-refractivity contribution < 1.29 is 0 Å². The lowest BCUT2D eigenvalue weighted by Gasteiger charge is -2.10. The maximum absolute atomic E-state index is 5.33. The predicted molar refractivity (Wildman–Crippen MR) is 91.6 cm³/mol. The third-order valence-electron chi connectivity index (χ3n) is 3.76. The van der Waals surface area contributed by atoms with Crippen LogP contribution in [0, 0.1) is 13.8 Å². The molecular formula is C15H24N6S. The van der Waals surface area contributed by atoms with Gasteiger partial charge in [0.15, 0.2) is 5.11 Å². The molecule has 0 unspecified atom stereocenters. The number of nitrogens with zero attached hydrogens (tertiary/aromatic N) is 4. The van der Waals surface area contributed by atoms with Gasteiger partial charge in [0, 0.05) is 49.2 Å². The molecule has 0 saturated carbocycles. The van der Waals surface area contributed by atoms with Crippen LogP contribution in [0.5, 0.6) is 0 Å². The van der Waals surface area contributed by atoms with Crippen LogP contribution in [0.3, 0.4) is 0 Å². The zero-order valence-electron chi connectivity index (χ0n) is 13.7. The summed E-state index contributed by atoms with van der Waals surface area (Å²) in [6.07, 6.45) is 3.95. The van der Waals surface area contributed by atoms with Crippen molar-refractivity contribution in [3.63, 3.8) is 0 Å². The highest BCUT2D eigenvalue weighted by atomic mass is 32.1. The first-order valence-corrected chi connectivity index (χ1v) is 8.01. The average molecular weight is 320 g/mol. The lowest BCUT2D eigenvalue weighted by Crippen LogP contribution is -2.34. The average Bonchev–Trinajstić information content (AvgIpc) is 3.05. The standard InChI is InChI=1S/C15H24N6S/c1-5-20-10-14(11(3)19-20)8-17-15(22)16-7-13-9-18-21(6-2)12(13)4/h9-10H,5-8H2,1-4H3,(H2,16,17,22). The third kappa shape index (κ3) is 3.85. The zero-order valence-corrected chi connectivity index (χ0v) is 14.5. The summed E-state index contributed by atoms with van der Waals surface area (Å²) in [7, 11) is 0. The first-order chi connectivity index (χ1) is 10.5. The second-order valence-corrected chi connectivity index (χ2v) is 5.61. The highest BCUT2D eigenvalue weighted by Gasteiger charge is 2.07. The Labute approximate surface area is 136 Å². The molecule has 0 aliphatic carbocycles. The Balaban J connectivity index is 1.82. The quantitative estimate of drug-likeness (QED) is 0.796. The predicted octanol–water partition coefficient (Wildman–Crippen LogP) is 1.90. The van der Waals surface area contributed by atoms with Gasteiger partial charge in [0.25, 0.3) is 0 Å². The van der Waals surface area contributed by atoms with Crippen LogP contribution in [-0.2, 0) is 26.2 Å². The van der Waals surface area contributed by atoms with Crippen LogP contribution in [0.15, 0.2) is 12.4 Å². The van der Waals surface area contributed by atoms with Crippen LogP contribution >= 0.6 is 12.2 Å². The molecule has 2 aromatic heterocycles. The lowest BCUT2D eigenvalue weighted by molar-refractivity contribution is 0.637. The van der Waals surface area contributed by atoms with E-state index in [1.807, 2.05) is 22.5 Å². The van der Waals surface area contributed by atoms with Crippen molar-refractivity contribution in [1.82, 2.24) is 30.2 Å². The number of rotatable bonds is 6. The van der Waals surface area contributed by atoms with Crippen molar-refractivity contribution in [2.75, 3.05) is 0 Å². The van der Waals surface area contributed by atoms with E-state index in [1.165, 1.54) is 16.8 Å². The van der Waals surface area contributed by atoms with Crippen LogP contribution in [0.2, 0.25) is 0 Å². The van der Waals surface area contributed by atoms with Crippen molar-refractivity contribution in [2.45, 2.75) is 53.9 Å². The highest BCUT2D eigenvalue weighted by Crippen LogP contribution is 2.07. The monoisotopic (exact) mass is 320 g/mol. The summed E-state index contributed by atoms with van der Waals surface area (Å²) in [5.74, 6) is 0. The van der Waals surface area contributed by atoms with Crippen molar-refractivity contribution >= 4 is 17.3 Å². The molecular weight excluding hydrogens is 296 g/mol. The van der Waals surface area contributed by atoms with Crippen LogP contribution < -0.4 is 10.6 Å². The normalized spacial score (nSPS) is 10.7. The van der Waals surface area contributed by atoms with Gasteiger partial charge in [-0.05, 0) is 39.9 Å². The van der Waals surface area contributed by atoms with Crippen LogP contribution in [-0.4, -0.2) is 24.7 Å². The van der Waals surface area contributed by atoms with Crippen molar-refractivity contribution in [1.29, 1.82) is 0 Å². The van der Waals surface area contributed by atoms with E-state index in [2.05, 4.69) is 47.8 Å². The minimum Gasteiger partial charge on any atom is -0.359 e. The molecule has 2 heterocycles. The lowest BCUT2D eigenvalue weighted by atomic mass is 10.2. The van der Waals surface area contributed by atoms with Crippen LogP contribution in [0.25, 0.3) is 0 Å². The Morgan fingerprint density at radius 1 is 1.14 bits per heavy atom. The van der Waals surface area contributed by atoms with Gasteiger partial charge in [-0.1, -0.05) is 0 Å². The van der Waals surface area contributed by atoms with Gasteiger partial charge < -0.3 is 10.6 Å². The number of nitrogens with one attached hydrogen (secondary N) is 2. The Kier molecular flexibility index (Phi) is 5.54. The fraction of sp³-hybridized carbons (Fsp3) is 0.533. The highest BCUT2D eigenvalue weighted by molar-refractivity contribution is 7.80. The van der Waals surface area contributed by atoms with Gasteiger partial charge in [0.1, 0.15) is 0 Å². The van der Waals surface area contributed by atoms with E-state index in [4.69, 9.17) is 12.2 Å². The molecule has 22 heavy (non-hydrogen) atoms. The van der Waals surface area contributed by atoms with Gasteiger partial charge in [0.05, 0.1) is 11.9 Å². The van der Waals surface area contributed by atoms with E-state index >= 15 is 0 Å². The number of aromatic nitrogens is 4. The summed E-state index contributed by atoms with van der Waals surface area (Å²) in [6.45, 7) is 11.4. The number of hydrogen-bond acceptors (Lipinski definition) is 3. The van der Waals surface area contributed by atoms with Gasteiger partial charge in [-0.15, -0.1) is 0 Å². The Hall–Kier alpha value is -1.89. The molecule has 7 heteroatoms. The number of aryl methyl sites for hydroxylation is 3. The van der Waals surface area contributed by atoms with Gasteiger partial charge in [0.2, 0.25) is 0 Å². The van der Waals surface area contributed by atoms with Gasteiger partial charge in [-0.2, -0.15) is 10.2 Å². The van der Waals surface area contributed by atoms with Crippen molar-refractivity contribution in [3.05, 3.63) is 34.9 Å². The Bertz CT molecular complexity index is 634. The summed E-state index contributed by atoms with van der Waals surface area (Å²) in [4.78, 5) is 0. The molecule has 2 N–H and O–H groups in total. The minimum absolute atomic E-state index is 0.646. The van der Waals surface area contributed by atoms with E-state index < -0.39 is 0 Å². The fourth-order valence-corrected chi connectivity index (χ4v) is 2.43. The smallest absolute Gasteiger partial charge is 0.166 e. The summed E-state index contributed by atoms with van der Waals surface area (Å²) >= 11 is 5.33. The maximum Gasteiger partial charge on any atom is 0.166 e. The van der Waals surface area contributed by atoms with E-state index in [0.29, 0.717) is 18.2 Å². The molecule has 2 rings (SSSR count). The molecule has 6 nitrogen and oxygen atoms in total. The van der Waals surface area contributed by atoms with Crippen molar-refractivity contribution in [3.8, 4) is 0 Å². The molecule has 0 bridgehead atoms. The van der Waals surface area contributed by atoms with Gasteiger partial charge in [-0.3, -0.25) is 9.36 Å². The Morgan fingerprint density at radius 3 is 2.36 bits per heavy atom. The molecule has 0 radical (unpaired) electrons. The SMILES string of the molecule is CCn1cc(CNC(=S)NCc2cnn(CC)c2C)c(C)n1. The van der Waals surface area contributed by atoms with E-state index in [9.17, 15) is 0 Å². The second-order valence-electron chi connectivity index (χ2n) is 5.20. The molecule has 2 aromatic rings. The summed E-state index contributed by atoms with van der Waals surface area (Å²) in [6, 6.07) is 0. The molecule has 0 atom stereocenters. The van der Waals surface area contributed by atoms with Crippen LogP contribution in [0.1, 0.15) is 36.4 Å². The molecule has 0 saturated heterocycles. The minimum atomic E-state index is 0.646. The van der Waals surface area contributed by atoms with E-state index in [-0.39, 0.29) is 0 Å². The fourth-order valence-electron chi connectivity index (χ4n) is 2.29. The Morgan fingerprint density at radius 2 is 1.82 bits per heavy atom. The largest absolute Gasteiger partial charge is 0.359 e. The zero-order chi connectivity index (χ0) is 16.1. The number of hydrogen-bond donors (Lipinski definition) is 2. The summed E-state index contributed by atoms with van der Waals surface area (Å²) in [5.41, 5.74) is 4.55. The number of thiocarbonyl (C=S) groups is 1. The summed E-state index contributed by atoms with van der Waals surface area (Å²) < 4.78 is 3.92. The summed E-state index contributed by atoms with van der Waals surface area (Å²) in [5, 5.41) is 15.9. The third-order valence-corrected chi connectivity index (χ3v) is 4.04. The van der Waals surface area contributed by atoms with E-state index in [0.717, 1.165) is 18.8 Å². The molecule has 0 spiro atoms. The molecule has 0 aliphatic heterocycles. The van der Waals surface area contributed by atoms with Crippen molar-refractivity contribution in [2.24, 2.45) is 0 Å². The molecule has 0 amide bonds. The second kappa shape index (κ2) is 7.40. The van der Waals surface area contributed by atoms with Gasteiger partial charge in [-0.25, -0.2) is 0 Å². The first-order valence-electron chi connectivity index (χ1n) is 7.61. The maximum atomic E-state index is 5.33. The molecule has 0 aliphatic rings.